The maximum absolute atomic E-state index is 14.9. The van der Waals surface area contributed by atoms with E-state index >= 15 is 0 Å². The van der Waals surface area contributed by atoms with E-state index in [4.69, 9.17) is 22.6 Å². The van der Waals surface area contributed by atoms with E-state index in [0.29, 0.717) is 13.0 Å². The molecule has 4 heterocycles. The van der Waals surface area contributed by atoms with Gasteiger partial charge in [0.25, 0.3) is 5.91 Å². The summed E-state index contributed by atoms with van der Waals surface area (Å²) in [6.45, 7) is 4.17. The molecule has 1 fully saturated rings. The second-order valence-corrected chi connectivity index (χ2v) is 11.8. The van der Waals surface area contributed by atoms with Crippen LogP contribution in [0, 0.1) is 17.1 Å². The van der Waals surface area contributed by atoms with Gasteiger partial charge in [-0.3, -0.25) is 14.5 Å². The normalized spacial score (nSPS) is 30.8. The van der Waals surface area contributed by atoms with Crippen molar-refractivity contribution >= 4 is 39.7 Å². The number of carbonyl (C=O) groups is 1. The van der Waals surface area contributed by atoms with Crippen molar-refractivity contribution in [2.24, 2.45) is 10.7 Å². The number of pyridine rings is 2. The molecule has 2 aromatic heterocycles. The maximum atomic E-state index is 14.9. The van der Waals surface area contributed by atoms with Gasteiger partial charge in [0.1, 0.15) is 40.5 Å². The Morgan fingerprint density at radius 3 is 2.91 bits per heavy atom. The number of hydrogen-bond acceptors (Lipinski definition) is 8. The number of nitrogens with one attached hydrogen (secondary N) is 2. The zero-order valence-corrected chi connectivity index (χ0v) is 19.6. The van der Waals surface area contributed by atoms with Crippen LogP contribution >= 0.6 is 22.1 Å². The summed E-state index contributed by atoms with van der Waals surface area (Å²) in [5.41, 5.74) is 5.13. The molecular weight excluding hydrogens is 469 g/mol. The van der Waals surface area contributed by atoms with E-state index in [2.05, 4.69) is 25.0 Å². The molecule has 33 heavy (non-hydrogen) atoms. The van der Waals surface area contributed by atoms with E-state index in [1.807, 2.05) is 13.0 Å². The van der Waals surface area contributed by atoms with Crippen molar-refractivity contribution in [2.45, 2.75) is 37.0 Å². The van der Waals surface area contributed by atoms with Gasteiger partial charge in [-0.15, -0.1) is 0 Å². The van der Waals surface area contributed by atoms with E-state index in [1.165, 1.54) is 24.4 Å². The van der Waals surface area contributed by atoms with Crippen LogP contribution in [-0.2, 0) is 5.54 Å². The number of nitrogens with two attached hydrogens (primary N) is 1. The highest BCUT2D eigenvalue weighted by atomic mass is 35.5. The second-order valence-electron chi connectivity index (χ2n) is 8.49. The molecule has 0 radical (unpaired) electrons. The number of nitrogens with zero attached hydrogens (tertiary/aromatic N) is 4. The summed E-state index contributed by atoms with van der Waals surface area (Å²) in [6.07, 6.45) is 2.75. The van der Waals surface area contributed by atoms with E-state index in [0.717, 1.165) is 6.42 Å². The first-order valence-electron chi connectivity index (χ1n) is 10.2. The van der Waals surface area contributed by atoms with Crippen LogP contribution in [0.3, 0.4) is 0 Å². The van der Waals surface area contributed by atoms with Crippen molar-refractivity contribution < 1.29 is 13.7 Å². The van der Waals surface area contributed by atoms with Gasteiger partial charge < -0.3 is 15.6 Å². The summed E-state index contributed by atoms with van der Waals surface area (Å²) in [6, 6.07) is 5.69. The maximum Gasteiger partial charge on any atom is 0.276 e. The van der Waals surface area contributed by atoms with Gasteiger partial charge >= 0.3 is 0 Å². The van der Waals surface area contributed by atoms with Gasteiger partial charge in [-0.05, 0) is 44.9 Å². The predicted molar refractivity (Wildman–Crippen MR) is 126 cm³/mol. The topological polar surface area (TPSA) is 149 Å². The molecule has 2 aliphatic rings. The first-order chi connectivity index (χ1) is 15.5. The largest absolute Gasteiger partial charge is 0.386 e. The predicted octanol–water partition coefficient (Wildman–Crippen LogP) is 3.31. The number of aromatic nitrogens is 2. The first-order valence-corrected chi connectivity index (χ1v) is 12.3. The van der Waals surface area contributed by atoms with Crippen molar-refractivity contribution in [3.05, 3.63) is 52.2 Å². The number of aliphatic imine (C=N–C) groups is 1. The third kappa shape index (κ3) is 3.93. The molecule has 0 bridgehead atoms. The highest BCUT2D eigenvalue weighted by molar-refractivity contribution is 8.29. The number of halogens is 2. The number of nitriles is 1. The third-order valence-corrected chi connectivity index (χ3v) is 9.95. The molecule has 174 valence electrons. The van der Waals surface area contributed by atoms with Crippen LogP contribution in [0.5, 0.6) is 0 Å². The van der Waals surface area contributed by atoms with E-state index in [9.17, 15) is 13.7 Å². The highest BCUT2D eigenvalue weighted by Gasteiger charge is 2.55. The minimum Gasteiger partial charge on any atom is -0.386 e. The lowest BCUT2D eigenvalue weighted by Crippen LogP contribution is -2.60. The molecule has 9 nitrogen and oxygen atoms in total. The van der Waals surface area contributed by atoms with Crippen LogP contribution in [0.25, 0.3) is 0 Å². The molecule has 1 unspecified atom stereocenters. The lowest BCUT2D eigenvalue weighted by molar-refractivity contribution is 0.102. The molecule has 0 spiro atoms. The summed E-state index contributed by atoms with van der Waals surface area (Å²) < 4.78 is 28.9. The lowest BCUT2D eigenvalue weighted by Gasteiger charge is -2.57. The SMILES string of the molecule is C[C@@]12CCCNS1(O)C[C@@](C)(c1nc(NC(=O)c3ncc(C#N)cc3Cl)ccc1F)N=C2N. The molecule has 2 aliphatic heterocycles. The fourth-order valence-corrected chi connectivity index (χ4v) is 7.54. The van der Waals surface area contributed by atoms with Gasteiger partial charge in [0.05, 0.1) is 15.3 Å². The Balaban J connectivity index is 1.68. The van der Waals surface area contributed by atoms with Crippen molar-refractivity contribution in [1.82, 2.24) is 14.7 Å². The average Bonchev–Trinajstić information content (AvgIpc) is 2.76. The van der Waals surface area contributed by atoms with Gasteiger partial charge in [0, 0.05) is 18.5 Å². The summed E-state index contributed by atoms with van der Waals surface area (Å²) >= 11 is 6.06. The van der Waals surface area contributed by atoms with Crippen molar-refractivity contribution in [1.29, 1.82) is 5.26 Å². The van der Waals surface area contributed by atoms with Crippen LogP contribution in [0.4, 0.5) is 10.2 Å². The van der Waals surface area contributed by atoms with Crippen LogP contribution in [0.1, 0.15) is 48.4 Å². The quantitative estimate of drug-likeness (QED) is 0.514. The number of amidine groups is 1. The molecule has 3 atom stereocenters. The van der Waals surface area contributed by atoms with Gasteiger partial charge in [0.15, 0.2) is 0 Å². The van der Waals surface area contributed by atoms with Crippen LogP contribution in [0.2, 0.25) is 5.02 Å². The monoisotopic (exact) mass is 491 g/mol. The molecule has 1 amide bonds. The number of amides is 1. The zero-order chi connectivity index (χ0) is 24.0. The van der Waals surface area contributed by atoms with Gasteiger partial charge in [-0.1, -0.05) is 22.1 Å². The molecule has 2 aromatic rings. The number of fused-ring (bicyclic) bond motifs is 1. The average molecular weight is 492 g/mol. The Labute approximate surface area is 196 Å². The third-order valence-electron chi connectivity index (χ3n) is 6.10. The van der Waals surface area contributed by atoms with Gasteiger partial charge in [-0.2, -0.15) is 5.26 Å². The molecule has 0 saturated carbocycles. The van der Waals surface area contributed by atoms with Crippen molar-refractivity contribution in [3.8, 4) is 6.07 Å². The van der Waals surface area contributed by atoms with Crippen molar-refractivity contribution in [3.63, 3.8) is 0 Å². The smallest absolute Gasteiger partial charge is 0.276 e. The fourth-order valence-electron chi connectivity index (χ4n) is 4.18. The summed E-state index contributed by atoms with van der Waals surface area (Å²) in [4.78, 5) is 25.5. The Kier molecular flexibility index (Phi) is 5.82. The molecule has 12 heteroatoms. The molecule has 4 rings (SSSR count). The highest BCUT2D eigenvalue weighted by Crippen LogP contribution is 2.62. The van der Waals surface area contributed by atoms with Gasteiger partial charge in [-0.25, -0.2) is 14.4 Å². The van der Waals surface area contributed by atoms with Crippen LogP contribution in [0.15, 0.2) is 29.4 Å². The Morgan fingerprint density at radius 1 is 1.45 bits per heavy atom. The van der Waals surface area contributed by atoms with Gasteiger partial charge in [0.2, 0.25) is 0 Å². The second kappa shape index (κ2) is 8.22. The minimum absolute atomic E-state index is 0.000943. The summed E-state index contributed by atoms with van der Waals surface area (Å²) in [5.74, 6) is -0.867. The molecule has 0 aliphatic carbocycles. The van der Waals surface area contributed by atoms with Crippen LogP contribution < -0.4 is 15.8 Å². The van der Waals surface area contributed by atoms with E-state index in [1.54, 1.807) is 6.92 Å². The number of anilines is 1. The Bertz CT molecular complexity index is 1220. The lowest BCUT2D eigenvalue weighted by atomic mass is 9.96. The number of rotatable bonds is 3. The standard InChI is InChI=1S/C21H23ClFN7O2S/c1-20(11-33(32)21(2,19(25)30-20)6-3-7-27-33)17-14(23)4-5-15(28-17)29-18(31)16-13(22)8-12(9-24)10-26-16/h4-5,8,10,27,32H,3,6-7,11H2,1-2H3,(H2,25,30)(H,28,29,31)/t20-,21-/m0/s1. The summed E-state index contributed by atoms with van der Waals surface area (Å²) in [7, 11) is -2.45. The Morgan fingerprint density at radius 2 is 2.21 bits per heavy atom. The molecular formula is C21H23ClFN7O2S. The van der Waals surface area contributed by atoms with Crippen LogP contribution in [-0.4, -0.2) is 43.3 Å². The number of hydrogen-bond donors (Lipinski definition) is 4. The molecule has 0 aromatic carbocycles. The zero-order valence-electron chi connectivity index (χ0n) is 18.0. The van der Waals surface area contributed by atoms with E-state index in [-0.39, 0.29) is 39.4 Å². The minimum atomic E-state index is -2.45. The fraction of sp³-hybridized carbons (Fsp3) is 0.381. The Hall–Kier alpha value is -2.78. The number of carbonyl (C=O) groups excluding carboxylic acids is 1. The first kappa shape index (κ1) is 23.4. The summed E-state index contributed by atoms with van der Waals surface area (Å²) in [5, 5.41) is 11.5. The van der Waals surface area contributed by atoms with Crippen molar-refractivity contribution in [2.75, 3.05) is 17.6 Å². The van der Waals surface area contributed by atoms with E-state index < -0.39 is 32.5 Å². The molecule has 1 saturated heterocycles. The molecule has 5 N–H and O–H groups in total.